The number of halogens is 1. The number of nitriles is 1. The minimum atomic E-state index is -0.804. The van der Waals surface area contributed by atoms with Crippen LogP contribution >= 0.6 is 11.6 Å². The van der Waals surface area contributed by atoms with E-state index >= 15 is 0 Å². The zero-order chi connectivity index (χ0) is 27.7. The molecule has 1 amide bonds. The van der Waals surface area contributed by atoms with Gasteiger partial charge in [-0.2, -0.15) is 5.26 Å². The van der Waals surface area contributed by atoms with Crippen LogP contribution < -0.4 is 10.1 Å². The van der Waals surface area contributed by atoms with Gasteiger partial charge in [0, 0.05) is 25.2 Å². The molecule has 0 saturated carbocycles. The fourth-order valence-corrected chi connectivity index (χ4v) is 4.81. The van der Waals surface area contributed by atoms with Crippen LogP contribution in [0.15, 0.2) is 54.6 Å². The van der Waals surface area contributed by atoms with E-state index in [0.29, 0.717) is 19.6 Å². The lowest BCUT2D eigenvalue weighted by atomic mass is 9.93. The summed E-state index contributed by atoms with van der Waals surface area (Å²) in [6, 6.07) is 20.0. The van der Waals surface area contributed by atoms with Gasteiger partial charge in [0.1, 0.15) is 30.1 Å². The first-order valence-electron chi connectivity index (χ1n) is 13.2. The van der Waals surface area contributed by atoms with Gasteiger partial charge in [-0.25, -0.2) is 0 Å². The van der Waals surface area contributed by atoms with E-state index in [4.69, 9.17) is 16.3 Å². The monoisotopic (exact) mass is 535 g/mol. The molecule has 0 fully saturated rings. The van der Waals surface area contributed by atoms with Crippen LogP contribution in [0.4, 0.5) is 0 Å². The highest BCUT2D eigenvalue weighted by atomic mass is 35.5. The van der Waals surface area contributed by atoms with Crippen LogP contribution in [-0.2, 0) is 6.42 Å². The average molecular weight is 536 g/mol. The zero-order valence-corrected chi connectivity index (χ0v) is 23.5. The summed E-state index contributed by atoms with van der Waals surface area (Å²) in [5.74, 6) is 0.0562. The van der Waals surface area contributed by atoms with Crippen molar-refractivity contribution in [3.05, 3.63) is 76.3 Å². The van der Waals surface area contributed by atoms with E-state index in [-0.39, 0.29) is 40.0 Å². The van der Waals surface area contributed by atoms with Crippen molar-refractivity contribution >= 4 is 28.3 Å². The molecule has 0 spiro atoms. The number of aliphatic hydroxyl groups is 1. The van der Waals surface area contributed by atoms with Gasteiger partial charge in [-0.15, -0.1) is 0 Å². The summed E-state index contributed by atoms with van der Waals surface area (Å²) in [6.45, 7) is 9.77. The average Bonchev–Trinajstić information content (AvgIpc) is 2.90. The zero-order valence-electron chi connectivity index (χ0n) is 22.8. The standard InChI is InChI=1S/C31H38ClN3O3/c1-5-15-35(16-6-2)30(37)26-13-14-28(27(19-33)29(26)32)38-21-25(36)20-34-31(3,4)18-22-11-12-23-9-7-8-10-24(23)17-22/h7-14,17,25,34,36H,5-6,15-16,18,20-21H2,1-4H3. The highest BCUT2D eigenvalue weighted by molar-refractivity contribution is 6.35. The molecule has 202 valence electrons. The molecule has 0 bridgehead atoms. The van der Waals surface area contributed by atoms with Crippen molar-refractivity contribution in [2.75, 3.05) is 26.2 Å². The van der Waals surface area contributed by atoms with Gasteiger partial charge in [0.2, 0.25) is 0 Å². The quantitative estimate of drug-likeness (QED) is 0.281. The van der Waals surface area contributed by atoms with Crippen LogP contribution in [0.1, 0.15) is 62.0 Å². The van der Waals surface area contributed by atoms with Gasteiger partial charge in [-0.05, 0) is 61.6 Å². The number of rotatable bonds is 13. The van der Waals surface area contributed by atoms with Crippen LogP contribution in [0.25, 0.3) is 10.8 Å². The summed E-state index contributed by atoms with van der Waals surface area (Å²) < 4.78 is 5.77. The molecule has 3 aromatic rings. The first kappa shape index (κ1) is 29.4. The third-order valence-electron chi connectivity index (χ3n) is 6.43. The predicted octanol–water partition coefficient (Wildman–Crippen LogP) is 5.98. The molecule has 1 atom stereocenters. The summed E-state index contributed by atoms with van der Waals surface area (Å²) in [5.41, 5.74) is 1.35. The summed E-state index contributed by atoms with van der Waals surface area (Å²) >= 11 is 6.48. The first-order valence-corrected chi connectivity index (χ1v) is 13.6. The van der Waals surface area contributed by atoms with Gasteiger partial charge in [0.15, 0.2) is 0 Å². The van der Waals surface area contributed by atoms with Gasteiger partial charge in [-0.1, -0.05) is 67.9 Å². The number of hydrogen-bond acceptors (Lipinski definition) is 5. The minimum Gasteiger partial charge on any atom is -0.489 e. The molecule has 3 aromatic carbocycles. The SMILES string of the molecule is CCCN(CCC)C(=O)c1ccc(OCC(O)CNC(C)(C)Cc2ccc3ccccc3c2)c(C#N)c1Cl. The van der Waals surface area contributed by atoms with E-state index in [9.17, 15) is 15.2 Å². The number of amides is 1. The van der Waals surface area contributed by atoms with Crippen LogP contribution in [0, 0.1) is 11.3 Å². The summed E-state index contributed by atoms with van der Waals surface area (Å²) in [4.78, 5) is 14.8. The van der Waals surface area contributed by atoms with E-state index in [1.807, 2.05) is 26.0 Å². The van der Waals surface area contributed by atoms with Crippen molar-refractivity contribution in [1.29, 1.82) is 5.26 Å². The number of fused-ring (bicyclic) bond motifs is 1. The van der Waals surface area contributed by atoms with Crippen molar-refractivity contribution in [2.24, 2.45) is 0 Å². The van der Waals surface area contributed by atoms with E-state index in [0.717, 1.165) is 19.3 Å². The maximum absolute atomic E-state index is 13.0. The lowest BCUT2D eigenvalue weighted by Crippen LogP contribution is -2.46. The Balaban J connectivity index is 1.59. The largest absolute Gasteiger partial charge is 0.489 e. The van der Waals surface area contributed by atoms with E-state index in [1.54, 1.807) is 17.0 Å². The second-order valence-corrected chi connectivity index (χ2v) is 10.7. The maximum Gasteiger partial charge on any atom is 0.255 e. The molecule has 1 unspecified atom stereocenters. The number of carbonyl (C=O) groups excluding carboxylic acids is 1. The molecule has 0 saturated heterocycles. The maximum atomic E-state index is 13.0. The summed E-state index contributed by atoms with van der Waals surface area (Å²) in [7, 11) is 0. The van der Waals surface area contributed by atoms with Crippen LogP contribution in [0.2, 0.25) is 5.02 Å². The third-order valence-corrected chi connectivity index (χ3v) is 6.82. The topological polar surface area (TPSA) is 85.6 Å². The van der Waals surface area contributed by atoms with E-state index in [1.165, 1.54) is 16.3 Å². The highest BCUT2D eigenvalue weighted by Gasteiger charge is 2.23. The number of hydrogen-bond donors (Lipinski definition) is 2. The number of ether oxygens (including phenoxy) is 1. The number of benzene rings is 3. The van der Waals surface area contributed by atoms with Gasteiger partial charge in [0.05, 0.1) is 10.6 Å². The Bertz CT molecular complexity index is 1280. The van der Waals surface area contributed by atoms with Crippen molar-refractivity contribution in [1.82, 2.24) is 10.2 Å². The van der Waals surface area contributed by atoms with Gasteiger partial charge in [0.25, 0.3) is 5.91 Å². The highest BCUT2D eigenvalue weighted by Crippen LogP contribution is 2.30. The fourth-order valence-electron chi connectivity index (χ4n) is 4.53. The Kier molecular flexibility index (Phi) is 10.6. The Morgan fingerprint density at radius 3 is 2.45 bits per heavy atom. The normalized spacial score (nSPS) is 12.2. The molecule has 0 heterocycles. The number of nitrogens with one attached hydrogen (secondary N) is 1. The second-order valence-electron chi connectivity index (χ2n) is 10.3. The first-order chi connectivity index (χ1) is 18.2. The molecule has 38 heavy (non-hydrogen) atoms. The van der Waals surface area contributed by atoms with Crippen LogP contribution in [-0.4, -0.2) is 53.8 Å². The van der Waals surface area contributed by atoms with Gasteiger partial charge >= 0.3 is 0 Å². The molecule has 0 aromatic heterocycles. The molecule has 2 N–H and O–H groups in total. The minimum absolute atomic E-state index is 0.0187. The lowest BCUT2D eigenvalue weighted by molar-refractivity contribution is 0.0755. The second kappa shape index (κ2) is 13.6. The molecule has 0 aliphatic carbocycles. The molecular formula is C31H38ClN3O3. The Morgan fingerprint density at radius 1 is 1.11 bits per heavy atom. The number of β-amino-alcohol motifs (C(OH)–C–C–N with tert-alkyl or cyclic N) is 1. The van der Waals surface area contributed by atoms with Gasteiger partial charge in [-0.3, -0.25) is 4.79 Å². The van der Waals surface area contributed by atoms with Crippen LogP contribution in [0.5, 0.6) is 5.75 Å². The number of nitrogens with zero attached hydrogens (tertiary/aromatic N) is 2. The number of carbonyl (C=O) groups is 1. The summed E-state index contributed by atoms with van der Waals surface area (Å²) in [5, 5.41) is 26.2. The fraction of sp³-hybridized carbons (Fsp3) is 0.419. The molecule has 0 aliphatic heterocycles. The van der Waals surface area contributed by atoms with Gasteiger partial charge < -0.3 is 20.1 Å². The molecule has 3 rings (SSSR count). The van der Waals surface area contributed by atoms with E-state index in [2.05, 4.69) is 55.6 Å². The molecule has 0 aliphatic rings. The Hall–Kier alpha value is -3.11. The molecule has 0 radical (unpaired) electrons. The lowest BCUT2D eigenvalue weighted by Gasteiger charge is -2.28. The van der Waals surface area contributed by atoms with Crippen molar-refractivity contribution in [2.45, 2.75) is 58.6 Å². The number of aliphatic hydroxyl groups excluding tert-OH is 1. The predicted molar refractivity (Wildman–Crippen MR) is 154 cm³/mol. The Morgan fingerprint density at radius 2 is 1.79 bits per heavy atom. The molecule has 7 heteroatoms. The Labute approximate surface area is 231 Å². The van der Waals surface area contributed by atoms with E-state index < -0.39 is 6.10 Å². The third kappa shape index (κ3) is 7.70. The smallest absolute Gasteiger partial charge is 0.255 e. The van der Waals surface area contributed by atoms with Crippen molar-refractivity contribution < 1.29 is 14.6 Å². The molecular weight excluding hydrogens is 498 g/mol. The van der Waals surface area contributed by atoms with Crippen LogP contribution in [0.3, 0.4) is 0 Å². The summed E-state index contributed by atoms with van der Waals surface area (Å²) in [6.07, 6.45) is 1.66. The molecule has 6 nitrogen and oxygen atoms in total. The van der Waals surface area contributed by atoms with Crippen molar-refractivity contribution in [3.8, 4) is 11.8 Å². The van der Waals surface area contributed by atoms with Crippen molar-refractivity contribution in [3.63, 3.8) is 0 Å².